The predicted octanol–water partition coefficient (Wildman–Crippen LogP) is 4.07. The first-order valence-electron chi connectivity index (χ1n) is 5.65. The van der Waals surface area contributed by atoms with E-state index in [1.165, 1.54) is 11.6 Å². The highest BCUT2D eigenvalue weighted by atomic mass is 16.6. The third-order valence-electron chi connectivity index (χ3n) is 2.67. The molecular formula is C15H13NO2. The molecular weight excluding hydrogens is 226 g/mol. The summed E-state index contributed by atoms with van der Waals surface area (Å²) in [6, 6.07) is 14.7. The minimum Gasteiger partial charge on any atom is -0.258 e. The Bertz CT molecular complexity index is 586. The number of nitro groups is 1. The van der Waals surface area contributed by atoms with Crippen molar-refractivity contribution in [3.63, 3.8) is 0 Å². The lowest BCUT2D eigenvalue weighted by atomic mass is 10.1. The van der Waals surface area contributed by atoms with Crippen LogP contribution in [0.4, 0.5) is 5.69 Å². The van der Waals surface area contributed by atoms with Crippen molar-refractivity contribution in [2.75, 3.05) is 0 Å². The molecule has 2 aromatic carbocycles. The molecule has 0 bridgehead atoms. The third-order valence-corrected chi connectivity index (χ3v) is 2.67. The Balaban J connectivity index is 2.29. The van der Waals surface area contributed by atoms with Crippen LogP contribution in [0.5, 0.6) is 0 Å². The monoisotopic (exact) mass is 239 g/mol. The van der Waals surface area contributed by atoms with Crippen molar-refractivity contribution >= 4 is 17.8 Å². The molecule has 18 heavy (non-hydrogen) atoms. The molecule has 2 aromatic rings. The quantitative estimate of drug-likeness (QED) is 0.460. The Morgan fingerprint density at radius 2 is 1.67 bits per heavy atom. The summed E-state index contributed by atoms with van der Waals surface area (Å²) in [6.07, 6.45) is 3.64. The first-order chi connectivity index (χ1) is 8.66. The van der Waals surface area contributed by atoms with Crippen LogP contribution < -0.4 is 0 Å². The second kappa shape index (κ2) is 5.27. The fourth-order valence-electron chi connectivity index (χ4n) is 1.66. The van der Waals surface area contributed by atoms with Crippen molar-refractivity contribution in [1.82, 2.24) is 0 Å². The summed E-state index contributed by atoms with van der Waals surface area (Å²) in [7, 11) is 0. The third kappa shape index (κ3) is 2.83. The molecule has 0 aromatic heterocycles. The fraction of sp³-hybridized carbons (Fsp3) is 0.0667. The number of hydrogen-bond acceptors (Lipinski definition) is 2. The van der Waals surface area contributed by atoms with Gasteiger partial charge in [-0.25, -0.2) is 0 Å². The van der Waals surface area contributed by atoms with Gasteiger partial charge in [0, 0.05) is 6.07 Å². The van der Waals surface area contributed by atoms with Crippen molar-refractivity contribution in [2.45, 2.75) is 6.92 Å². The average Bonchev–Trinajstić information content (AvgIpc) is 2.38. The normalized spacial score (nSPS) is 10.7. The van der Waals surface area contributed by atoms with Crippen molar-refractivity contribution in [1.29, 1.82) is 0 Å². The summed E-state index contributed by atoms with van der Waals surface area (Å²) >= 11 is 0. The molecule has 0 radical (unpaired) electrons. The SMILES string of the molecule is Cc1ccc(C=Cc2ccccc2[N+](=O)[O-])cc1. The zero-order valence-corrected chi connectivity index (χ0v) is 10.0. The van der Waals surface area contributed by atoms with Gasteiger partial charge in [0.2, 0.25) is 0 Å². The Labute approximate surface area is 106 Å². The number of nitro benzene ring substituents is 1. The van der Waals surface area contributed by atoms with Crippen LogP contribution in [0.25, 0.3) is 12.2 Å². The number of hydrogen-bond donors (Lipinski definition) is 0. The highest BCUT2D eigenvalue weighted by Gasteiger charge is 2.08. The summed E-state index contributed by atoms with van der Waals surface area (Å²) in [4.78, 5) is 10.5. The van der Waals surface area contributed by atoms with Crippen LogP contribution in [-0.4, -0.2) is 4.92 Å². The molecule has 0 heterocycles. The molecule has 0 saturated heterocycles. The van der Waals surface area contributed by atoms with Gasteiger partial charge in [-0.15, -0.1) is 0 Å². The van der Waals surface area contributed by atoms with Crippen LogP contribution in [-0.2, 0) is 0 Å². The molecule has 0 aliphatic heterocycles. The highest BCUT2D eigenvalue weighted by Crippen LogP contribution is 2.20. The molecule has 0 saturated carbocycles. The summed E-state index contributed by atoms with van der Waals surface area (Å²) in [5, 5.41) is 10.8. The number of benzene rings is 2. The molecule has 3 nitrogen and oxygen atoms in total. The second-order valence-corrected chi connectivity index (χ2v) is 4.06. The van der Waals surface area contributed by atoms with E-state index in [2.05, 4.69) is 0 Å². The number of aryl methyl sites for hydroxylation is 1. The number of rotatable bonds is 3. The molecule has 0 atom stereocenters. The fourth-order valence-corrected chi connectivity index (χ4v) is 1.66. The van der Waals surface area contributed by atoms with Gasteiger partial charge in [-0.2, -0.15) is 0 Å². The predicted molar refractivity (Wildman–Crippen MR) is 73.2 cm³/mol. The van der Waals surface area contributed by atoms with E-state index in [9.17, 15) is 10.1 Å². The second-order valence-electron chi connectivity index (χ2n) is 4.06. The van der Waals surface area contributed by atoms with E-state index in [4.69, 9.17) is 0 Å². The van der Waals surface area contributed by atoms with Gasteiger partial charge < -0.3 is 0 Å². The van der Waals surface area contributed by atoms with Crippen molar-refractivity contribution in [3.05, 3.63) is 75.3 Å². The smallest absolute Gasteiger partial charge is 0.258 e. The van der Waals surface area contributed by atoms with Crippen molar-refractivity contribution in [2.24, 2.45) is 0 Å². The molecule has 0 spiro atoms. The van der Waals surface area contributed by atoms with Gasteiger partial charge in [0.05, 0.1) is 10.5 Å². The van der Waals surface area contributed by atoms with E-state index in [0.29, 0.717) is 5.56 Å². The molecule has 0 unspecified atom stereocenters. The number of para-hydroxylation sites is 1. The Kier molecular flexibility index (Phi) is 3.53. The van der Waals surface area contributed by atoms with Gasteiger partial charge in [-0.3, -0.25) is 10.1 Å². The van der Waals surface area contributed by atoms with E-state index in [1.54, 1.807) is 24.3 Å². The summed E-state index contributed by atoms with van der Waals surface area (Å²) < 4.78 is 0. The molecule has 3 heteroatoms. The topological polar surface area (TPSA) is 43.1 Å². The first-order valence-corrected chi connectivity index (χ1v) is 5.65. The summed E-state index contributed by atoms with van der Waals surface area (Å²) in [5.41, 5.74) is 2.96. The summed E-state index contributed by atoms with van der Waals surface area (Å²) in [6.45, 7) is 2.02. The van der Waals surface area contributed by atoms with E-state index in [-0.39, 0.29) is 10.6 Å². The van der Waals surface area contributed by atoms with Crippen LogP contribution >= 0.6 is 0 Å². The lowest BCUT2D eigenvalue weighted by molar-refractivity contribution is -0.385. The minimum atomic E-state index is -0.366. The van der Waals surface area contributed by atoms with Gasteiger partial charge in [0.1, 0.15) is 0 Å². The van der Waals surface area contributed by atoms with Gasteiger partial charge >= 0.3 is 0 Å². The molecule has 0 aliphatic carbocycles. The lowest BCUT2D eigenvalue weighted by Gasteiger charge is -1.97. The van der Waals surface area contributed by atoms with Crippen LogP contribution in [0.3, 0.4) is 0 Å². The van der Waals surface area contributed by atoms with Gasteiger partial charge in [0.25, 0.3) is 5.69 Å². The van der Waals surface area contributed by atoms with Crippen molar-refractivity contribution < 1.29 is 4.92 Å². The molecule has 90 valence electrons. The zero-order chi connectivity index (χ0) is 13.0. The van der Waals surface area contributed by atoms with E-state index >= 15 is 0 Å². The maximum absolute atomic E-state index is 10.8. The van der Waals surface area contributed by atoms with Gasteiger partial charge in [-0.05, 0) is 24.6 Å². The zero-order valence-electron chi connectivity index (χ0n) is 10.0. The van der Waals surface area contributed by atoms with Gasteiger partial charge in [0.15, 0.2) is 0 Å². The van der Waals surface area contributed by atoms with Gasteiger partial charge in [-0.1, -0.05) is 48.0 Å². The van der Waals surface area contributed by atoms with Crippen LogP contribution in [0.1, 0.15) is 16.7 Å². The largest absolute Gasteiger partial charge is 0.276 e. The number of nitrogens with zero attached hydrogens (tertiary/aromatic N) is 1. The van der Waals surface area contributed by atoms with Crippen LogP contribution in [0.15, 0.2) is 48.5 Å². The van der Waals surface area contributed by atoms with Crippen molar-refractivity contribution in [3.8, 4) is 0 Å². The van der Waals surface area contributed by atoms with E-state index in [1.807, 2.05) is 37.3 Å². The first kappa shape index (κ1) is 12.0. The highest BCUT2D eigenvalue weighted by molar-refractivity contribution is 5.74. The molecule has 0 amide bonds. The Morgan fingerprint density at radius 1 is 1.00 bits per heavy atom. The molecule has 0 fully saturated rings. The van der Waals surface area contributed by atoms with Crippen LogP contribution in [0.2, 0.25) is 0 Å². The lowest BCUT2D eigenvalue weighted by Crippen LogP contribution is -1.90. The summed E-state index contributed by atoms with van der Waals surface area (Å²) in [5.74, 6) is 0. The minimum absolute atomic E-state index is 0.126. The maximum Gasteiger partial charge on any atom is 0.276 e. The molecule has 2 rings (SSSR count). The van der Waals surface area contributed by atoms with E-state index in [0.717, 1.165) is 5.56 Å². The molecule has 0 aliphatic rings. The van der Waals surface area contributed by atoms with E-state index < -0.39 is 0 Å². The Hall–Kier alpha value is -2.42. The average molecular weight is 239 g/mol. The standard InChI is InChI=1S/C15H13NO2/c1-12-6-8-13(9-7-12)10-11-14-4-2-3-5-15(14)16(17)18/h2-11H,1H3. The Morgan fingerprint density at radius 3 is 2.33 bits per heavy atom. The molecule has 0 N–H and O–H groups in total. The maximum atomic E-state index is 10.8. The van der Waals surface area contributed by atoms with Crippen LogP contribution in [0, 0.1) is 17.0 Å².